The molecule has 12 heteroatoms. The van der Waals surface area contributed by atoms with Crippen molar-refractivity contribution in [3.8, 4) is 0 Å². The van der Waals surface area contributed by atoms with Gasteiger partial charge in [0.2, 0.25) is 0 Å². The van der Waals surface area contributed by atoms with Crippen LogP contribution in [0.1, 0.15) is 50.5 Å². The van der Waals surface area contributed by atoms with Crippen LogP contribution in [0.5, 0.6) is 0 Å². The van der Waals surface area contributed by atoms with Gasteiger partial charge in [0.15, 0.2) is 5.78 Å². The molecule has 34 heavy (non-hydrogen) atoms. The summed E-state index contributed by atoms with van der Waals surface area (Å²) >= 11 is 0. The van der Waals surface area contributed by atoms with Crippen molar-refractivity contribution >= 4 is 36.7 Å². The second-order valence-electron chi connectivity index (χ2n) is 7.80. The summed E-state index contributed by atoms with van der Waals surface area (Å²) in [6.07, 6.45) is -1.94. The fraction of sp³-hybridized carbons (Fsp3) is 0.273. The van der Waals surface area contributed by atoms with E-state index in [1.165, 1.54) is 40.2 Å². The Bertz CT molecular complexity index is 1230. The summed E-state index contributed by atoms with van der Waals surface area (Å²) in [5.41, 5.74) is 5.39. The van der Waals surface area contributed by atoms with E-state index < -0.39 is 24.3 Å². The van der Waals surface area contributed by atoms with Crippen molar-refractivity contribution < 1.29 is 27.9 Å². The number of carbonyl (C=O) groups excluding carboxylic acids is 2. The predicted molar refractivity (Wildman–Crippen MR) is 123 cm³/mol. The molecule has 3 heterocycles. The van der Waals surface area contributed by atoms with Crippen molar-refractivity contribution in [2.24, 2.45) is 0 Å². The monoisotopic (exact) mass is 493 g/mol. The van der Waals surface area contributed by atoms with Gasteiger partial charge < -0.3 is 15.7 Å². The molecule has 0 saturated heterocycles. The van der Waals surface area contributed by atoms with Crippen LogP contribution in [0.4, 0.5) is 24.7 Å². The molecule has 0 spiro atoms. The average Bonchev–Trinajstić information content (AvgIpc) is 3.20. The second-order valence-corrected chi connectivity index (χ2v) is 7.80. The Morgan fingerprint density at radius 2 is 1.94 bits per heavy atom. The Morgan fingerprint density at radius 1 is 1.21 bits per heavy atom. The molecule has 3 aromatic rings. The number of rotatable bonds is 5. The molecule has 3 N–H and O–H groups in total. The van der Waals surface area contributed by atoms with Crippen molar-refractivity contribution in [2.75, 3.05) is 17.2 Å². The molecule has 0 unspecified atom stereocenters. The fourth-order valence-electron chi connectivity index (χ4n) is 3.87. The smallest absolute Gasteiger partial charge is 0.392 e. The molecule has 0 saturated carbocycles. The van der Waals surface area contributed by atoms with Gasteiger partial charge in [0.1, 0.15) is 11.5 Å². The third-order valence-electron chi connectivity index (χ3n) is 5.52. The third-order valence-corrected chi connectivity index (χ3v) is 5.52. The Labute approximate surface area is 199 Å². The lowest BCUT2D eigenvalue weighted by Gasteiger charge is -2.33. The van der Waals surface area contributed by atoms with Crippen molar-refractivity contribution in [1.82, 2.24) is 14.8 Å². The number of nitrogens with zero attached hydrogens (tertiary/aromatic N) is 4. The summed E-state index contributed by atoms with van der Waals surface area (Å²) in [6.45, 7) is 1.15. The minimum absolute atomic E-state index is 0. The molecule has 2 aromatic heterocycles. The number of aliphatic hydroxyl groups excluding tert-OH is 1. The molecule has 1 aliphatic rings. The number of aromatic nitrogens is 3. The van der Waals surface area contributed by atoms with Gasteiger partial charge in [0.25, 0.3) is 5.91 Å². The van der Waals surface area contributed by atoms with Crippen molar-refractivity contribution in [1.29, 1.82) is 0 Å². The number of aliphatic hydroxyl groups is 1. The molecule has 0 bridgehead atoms. The molecule has 1 amide bonds. The lowest BCUT2D eigenvalue weighted by molar-refractivity contribution is -0.138. The summed E-state index contributed by atoms with van der Waals surface area (Å²) in [5.74, 6) is -0.506. The van der Waals surface area contributed by atoms with Crippen LogP contribution >= 0.6 is 13.5 Å². The number of nitrogen functional groups attached to an aromatic ring is 1. The Kier molecular flexibility index (Phi) is 7.03. The molecule has 0 aliphatic carbocycles. The number of alkyl halides is 3. The number of pyridine rings is 1. The van der Waals surface area contributed by atoms with Gasteiger partial charge in [0.05, 0.1) is 24.4 Å². The summed E-state index contributed by atoms with van der Waals surface area (Å²) in [6, 6.07) is 5.95. The lowest BCUT2D eigenvalue weighted by atomic mass is 10.0. The number of Topliss-reactive ketones (excluding diaryl/α,β-unsaturated/α-hetero) is 1. The van der Waals surface area contributed by atoms with Crippen molar-refractivity contribution in [3.63, 3.8) is 0 Å². The second kappa shape index (κ2) is 9.47. The van der Waals surface area contributed by atoms with Gasteiger partial charge in [-0.2, -0.15) is 31.8 Å². The number of amides is 1. The molecule has 1 aromatic carbocycles. The molecular formula is C22H22F3N5O3S. The molecule has 1 atom stereocenters. The number of hydrogen-bond donors (Lipinski definition) is 2. The van der Waals surface area contributed by atoms with Gasteiger partial charge >= 0.3 is 6.18 Å². The Balaban J connectivity index is 0.00000324. The van der Waals surface area contributed by atoms with Gasteiger partial charge in [-0.15, -0.1) is 0 Å². The number of carbonyl (C=O) groups is 2. The van der Waals surface area contributed by atoms with Crippen LogP contribution in [0, 0.1) is 0 Å². The van der Waals surface area contributed by atoms with Crippen LogP contribution in [0.3, 0.4) is 0 Å². The van der Waals surface area contributed by atoms with Crippen LogP contribution in [0.2, 0.25) is 0 Å². The van der Waals surface area contributed by atoms with E-state index in [1.54, 1.807) is 0 Å². The van der Waals surface area contributed by atoms with Crippen LogP contribution in [-0.2, 0) is 19.2 Å². The zero-order valence-electron chi connectivity index (χ0n) is 18.0. The number of halogens is 3. The summed E-state index contributed by atoms with van der Waals surface area (Å²) in [7, 11) is 0. The molecule has 0 fully saturated rings. The summed E-state index contributed by atoms with van der Waals surface area (Å²) in [4.78, 5) is 31.2. The molecule has 1 aliphatic heterocycles. The largest absolute Gasteiger partial charge is 0.416 e. The minimum Gasteiger partial charge on any atom is -0.392 e. The Morgan fingerprint density at radius 3 is 2.56 bits per heavy atom. The quantitative estimate of drug-likeness (QED) is 0.528. The van der Waals surface area contributed by atoms with Gasteiger partial charge in [-0.3, -0.25) is 14.3 Å². The molecule has 4 rings (SSSR count). The highest BCUT2D eigenvalue weighted by Gasteiger charge is 2.36. The summed E-state index contributed by atoms with van der Waals surface area (Å²) < 4.78 is 41.1. The van der Waals surface area contributed by atoms with E-state index in [0.717, 1.165) is 12.1 Å². The zero-order chi connectivity index (χ0) is 23.9. The normalized spacial score (nSPS) is 15.6. The number of fused-ring (bicyclic) bond motifs is 1. The van der Waals surface area contributed by atoms with E-state index in [0.29, 0.717) is 11.1 Å². The number of benzene rings is 1. The standard InChI is InChI=1S/C22H20F3N5O3.H2S/c1-12-10-29(16-3-4-17(22(23,24)25)15(6-16)11-31)21(33)20-14(9-28-30(12)20)7-18(32)13-2-5-19(26)27-8-13;/h2-6,8-9,12,31H,7,10-11H2,1H3,(H2,26,27);1H2/t12-;/m0./s1. The van der Waals surface area contributed by atoms with Crippen molar-refractivity contribution in [2.45, 2.75) is 32.2 Å². The van der Waals surface area contributed by atoms with E-state index in [4.69, 9.17) is 5.73 Å². The first-order valence-electron chi connectivity index (χ1n) is 10.0. The van der Waals surface area contributed by atoms with Gasteiger partial charge in [-0.1, -0.05) is 0 Å². The van der Waals surface area contributed by atoms with Gasteiger partial charge in [-0.05, 0) is 42.8 Å². The molecule has 180 valence electrons. The highest BCUT2D eigenvalue weighted by Crippen LogP contribution is 2.35. The van der Waals surface area contributed by atoms with Crippen LogP contribution in [-0.4, -0.2) is 38.1 Å². The first kappa shape index (κ1) is 25.2. The molecular weight excluding hydrogens is 471 g/mol. The first-order valence-corrected chi connectivity index (χ1v) is 10.0. The minimum atomic E-state index is -4.63. The van der Waals surface area contributed by atoms with E-state index in [1.807, 2.05) is 6.92 Å². The average molecular weight is 494 g/mol. The highest BCUT2D eigenvalue weighted by molar-refractivity contribution is 7.59. The van der Waals surface area contributed by atoms with E-state index >= 15 is 0 Å². The lowest BCUT2D eigenvalue weighted by Crippen LogP contribution is -2.43. The maximum Gasteiger partial charge on any atom is 0.416 e. The molecule has 0 radical (unpaired) electrons. The van der Waals surface area contributed by atoms with E-state index in [-0.39, 0.29) is 61.0 Å². The first-order chi connectivity index (χ1) is 15.6. The third kappa shape index (κ3) is 4.64. The highest BCUT2D eigenvalue weighted by atomic mass is 32.1. The van der Waals surface area contributed by atoms with E-state index in [9.17, 15) is 27.9 Å². The predicted octanol–water partition coefficient (Wildman–Crippen LogP) is 3.13. The Hall–Kier alpha value is -3.38. The number of anilines is 2. The van der Waals surface area contributed by atoms with Gasteiger partial charge in [0, 0.05) is 36.0 Å². The van der Waals surface area contributed by atoms with Crippen LogP contribution in [0.25, 0.3) is 0 Å². The van der Waals surface area contributed by atoms with Crippen LogP contribution in [0.15, 0.2) is 42.7 Å². The maximum atomic E-state index is 13.3. The van der Waals surface area contributed by atoms with E-state index in [2.05, 4.69) is 10.1 Å². The maximum absolute atomic E-state index is 13.3. The van der Waals surface area contributed by atoms with Crippen molar-refractivity contribution in [3.05, 3.63) is 70.7 Å². The fourth-order valence-corrected chi connectivity index (χ4v) is 3.87. The van der Waals surface area contributed by atoms with Gasteiger partial charge in [-0.25, -0.2) is 4.98 Å². The van der Waals surface area contributed by atoms with Crippen LogP contribution < -0.4 is 10.6 Å². The summed E-state index contributed by atoms with van der Waals surface area (Å²) in [5, 5.41) is 13.7. The zero-order valence-corrected chi connectivity index (χ0v) is 19.0. The topological polar surface area (TPSA) is 114 Å². The number of hydrogen-bond acceptors (Lipinski definition) is 6. The number of ketones is 1. The number of nitrogens with two attached hydrogens (primary N) is 1. The SMILES string of the molecule is C[C@H]1CN(c2ccc(C(F)(F)F)c(CO)c2)C(=O)c2c(CC(=O)c3ccc(N)nc3)cnn21.S. The molecule has 8 nitrogen and oxygen atoms in total.